The number of carboxylic acids is 3. The molecule has 2 fully saturated rings. The Labute approximate surface area is 218 Å². The van der Waals surface area contributed by atoms with E-state index >= 15 is 0 Å². The fourth-order valence-corrected chi connectivity index (χ4v) is 5.22. The third-order valence-electron chi connectivity index (χ3n) is 6.04. The van der Waals surface area contributed by atoms with Gasteiger partial charge in [0.15, 0.2) is 0 Å². The van der Waals surface area contributed by atoms with Crippen LogP contribution in [0, 0.1) is 18.3 Å². The van der Waals surface area contributed by atoms with Gasteiger partial charge in [-0.05, 0) is 38.4 Å². The number of hydrogen-bond acceptors (Lipinski definition) is 7. The largest absolute Gasteiger partial charge is 0.490 e. The van der Waals surface area contributed by atoms with Crippen LogP contribution in [0.3, 0.4) is 0 Å². The number of carbonyl (C=O) groups is 3. The third kappa shape index (κ3) is 10.4. The molecule has 3 rings (SSSR count). The first-order valence-corrected chi connectivity index (χ1v) is 12.1. The van der Waals surface area contributed by atoms with Crippen molar-refractivity contribution < 1.29 is 60.8 Å². The van der Waals surface area contributed by atoms with E-state index in [0.29, 0.717) is 13.2 Å². The van der Waals surface area contributed by atoms with Crippen molar-refractivity contribution in [2.45, 2.75) is 38.7 Å². The lowest BCUT2D eigenvalue weighted by Gasteiger charge is -2.29. The van der Waals surface area contributed by atoms with Crippen LogP contribution in [0.4, 0.5) is 26.3 Å². The second-order valence-corrected chi connectivity index (χ2v) is 10.2. The molecule has 2 aliphatic heterocycles. The summed E-state index contributed by atoms with van der Waals surface area (Å²) in [6.07, 6.45) is -8.41. The van der Waals surface area contributed by atoms with E-state index in [1.54, 1.807) is 7.11 Å². The molecule has 0 unspecified atom stereocenters. The number of nitrogens with zero attached hydrogens (tertiary/aromatic N) is 2. The third-order valence-corrected chi connectivity index (χ3v) is 7.03. The molecule has 2 aliphatic rings. The highest BCUT2D eigenvalue weighted by molar-refractivity contribution is 7.11. The van der Waals surface area contributed by atoms with E-state index in [9.17, 15) is 36.2 Å². The molecule has 2 saturated heterocycles. The number of ether oxygens (including phenoxy) is 1. The first kappa shape index (κ1) is 33.6. The van der Waals surface area contributed by atoms with E-state index in [1.165, 1.54) is 9.75 Å². The molecule has 0 aliphatic carbocycles. The quantitative estimate of drug-likeness (QED) is 0.433. The van der Waals surface area contributed by atoms with Gasteiger partial charge < -0.3 is 20.1 Å². The van der Waals surface area contributed by atoms with Gasteiger partial charge in [-0.15, -0.1) is 11.3 Å². The normalized spacial score (nSPS) is 22.3. The van der Waals surface area contributed by atoms with E-state index in [1.807, 2.05) is 11.3 Å². The monoisotopic (exact) mass is 580 g/mol. The van der Waals surface area contributed by atoms with Crippen molar-refractivity contribution >= 4 is 29.2 Å². The summed E-state index contributed by atoms with van der Waals surface area (Å²) in [6.45, 7) is 8.00. The van der Waals surface area contributed by atoms with Crippen molar-refractivity contribution in [3.8, 4) is 0 Å². The molecule has 2 atom stereocenters. The number of thiophene rings is 1. The number of methoxy groups -OCH3 is 1. The molecule has 9 nitrogen and oxygen atoms in total. The molecular formula is C22H30F6N2O7S. The van der Waals surface area contributed by atoms with E-state index in [2.05, 4.69) is 28.9 Å². The molecule has 0 spiro atoms. The summed E-state index contributed by atoms with van der Waals surface area (Å²) in [7, 11) is 1.70. The molecule has 3 heterocycles. The lowest BCUT2D eigenvalue weighted by atomic mass is 9.75. The van der Waals surface area contributed by atoms with Gasteiger partial charge in [0.25, 0.3) is 0 Å². The lowest BCUT2D eigenvalue weighted by Crippen LogP contribution is -2.41. The smallest absolute Gasteiger partial charge is 0.481 e. The first-order valence-electron chi connectivity index (χ1n) is 11.2. The second-order valence-electron chi connectivity index (χ2n) is 8.84. The van der Waals surface area contributed by atoms with Gasteiger partial charge >= 0.3 is 30.3 Å². The summed E-state index contributed by atoms with van der Waals surface area (Å²) in [5.41, 5.74) is -0.576. The average Bonchev–Trinajstić information content (AvgIpc) is 3.30. The zero-order valence-electron chi connectivity index (χ0n) is 20.6. The maximum absolute atomic E-state index is 12.1. The van der Waals surface area contributed by atoms with Crippen molar-refractivity contribution in [3.05, 3.63) is 21.9 Å². The Morgan fingerprint density at radius 3 is 1.97 bits per heavy atom. The van der Waals surface area contributed by atoms with Crippen LogP contribution < -0.4 is 0 Å². The summed E-state index contributed by atoms with van der Waals surface area (Å²) >= 11 is 1.85. The number of likely N-dealkylation sites (tertiary alicyclic amines) is 2. The second kappa shape index (κ2) is 14.1. The van der Waals surface area contributed by atoms with Crippen LogP contribution in [-0.2, 0) is 25.7 Å². The number of aliphatic carboxylic acids is 3. The van der Waals surface area contributed by atoms with Crippen LogP contribution in [0.25, 0.3) is 0 Å². The Hall–Kier alpha value is -2.43. The molecule has 16 heteroatoms. The highest BCUT2D eigenvalue weighted by Crippen LogP contribution is 2.43. The van der Waals surface area contributed by atoms with Gasteiger partial charge in [-0.1, -0.05) is 0 Å². The van der Waals surface area contributed by atoms with Crippen LogP contribution in [0.1, 0.15) is 22.6 Å². The van der Waals surface area contributed by atoms with Crippen LogP contribution in [0.2, 0.25) is 0 Å². The number of aryl methyl sites for hydroxylation is 1. The maximum Gasteiger partial charge on any atom is 0.490 e. The van der Waals surface area contributed by atoms with E-state index < -0.39 is 35.7 Å². The molecule has 0 radical (unpaired) electrons. The minimum atomic E-state index is -5.08. The number of halogens is 6. The molecule has 0 aromatic carbocycles. The SMILES string of the molecule is COCCN1C[C@@H]2CN(Cc3ccc(C)s3)CCC[C@]2(C(=O)O)C1.O=C(O)C(F)(F)F.O=C(O)C(F)(F)F. The fourth-order valence-electron chi connectivity index (χ4n) is 4.29. The van der Waals surface area contributed by atoms with Gasteiger partial charge in [0.05, 0.1) is 12.0 Å². The summed E-state index contributed by atoms with van der Waals surface area (Å²) in [5.74, 6) is -5.92. The Balaban J connectivity index is 0.000000426. The zero-order valence-corrected chi connectivity index (χ0v) is 21.5. The summed E-state index contributed by atoms with van der Waals surface area (Å²) in [5, 5.41) is 24.2. The van der Waals surface area contributed by atoms with Crippen molar-refractivity contribution in [2.24, 2.45) is 11.3 Å². The highest BCUT2D eigenvalue weighted by atomic mass is 32.1. The van der Waals surface area contributed by atoms with Gasteiger partial charge in [0.2, 0.25) is 0 Å². The summed E-state index contributed by atoms with van der Waals surface area (Å²) < 4.78 is 68.7. The molecule has 3 N–H and O–H groups in total. The van der Waals surface area contributed by atoms with E-state index in [-0.39, 0.29) is 5.92 Å². The van der Waals surface area contributed by atoms with Gasteiger partial charge in [-0.25, -0.2) is 9.59 Å². The zero-order chi connectivity index (χ0) is 29.3. The number of alkyl halides is 6. The molecule has 0 amide bonds. The number of carboxylic acid groups (broad SMARTS) is 3. The number of rotatable bonds is 6. The molecule has 0 bridgehead atoms. The molecule has 218 valence electrons. The highest BCUT2D eigenvalue weighted by Gasteiger charge is 2.53. The molecule has 1 aromatic rings. The van der Waals surface area contributed by atoms with Crippen LogP contribution >= 0.6 is 11.3 Å². The number of fused-ring (bicyclic) bond motifs is 1. The van der Waals surface area contributed by atoms with Crippen LogP contribution in [-0.4, -0.2) is 102 Å². The number of hydrogen-bond donors (Lipinski definition) is 3. The van der Waals surface area contributed by atoms with Crippen molar-refractivity contribution in [2.75, 3.05) is 46.4 Å². The van der Waals surface area contributed by atoms with Crippen molar-refractivity contribution in [1.82, 2.24) is 9.80 Å². The fraction of sp³-hybridized carbons (Fsp3) is 0.682. The lowest BCUT2D eigenvalue weighted by molar-refractivity contribution is -0.193. The summed E-state index contributed by atoms with van der Waals surface area (Å²) in [4.78, 5) is 37.4. The van der Waals surface area contributed by atoms with Crippen molar-refractivity contribution in [1.29, 1.82) is 0 Å². The topological polar surface area (TPSA) is 128 Å². The van der Waals surface area contributed by atoms with Crippen LogP contribution in [0.15, 0.2) is 12.1 Å². The van der Waals surface area contributed by atoms with Crippen molar-refractivity contribution in [3.63, 3.8) is 0 Å². The Bertz CT molecular complexity index is 916. The average molecular weight is 581 g/mol. The minimum absolute atomic E-state index is 0.204. The summed E-state index contributed by atoms with van der Waals surface area (Å²) in [6, 6.07) is 4.37. The van der Waals surface area contributed by atoms with Gasteiger partial charge in [0, 0.05) is 55.5 Å². The molecule has 38 heavy (non-hydrogen) atoms. The Kier molecular flexibility index (Phi) is 12.5. The molecule has 1 aromatic heterocycles. The van der Waals surface area contributed by atoms with Crippen LogP contribution in [0.5, 0.6) is 0 Å². The van der Waals surface area contributed by atoms with Gasteiger partial charge in [0.1, 0.15) is 0 Å². The van der Waals surface area contributed by atoms with E-state index in [4.69, 9.17) is 24.5 Å². The Morgan fingerprint density at radius 2 is 1.55 bits per heavy atom. The predicted molar refractivity (Wildman–Crippen MR) is 123 cm³/mol. The predicted octanol–water partition coefficient (Wildman–Crippen LogP) is 3.57. The first-order chi connectivity index (χ1) is 17.4. The van der Waals surface area contributed by atoms with Gasteiger partial charge in [-0.3, -0.25) is 14.6 Å². The Morgan fingerprint density at radius 1 is 1.03 bits per heavy atom. The van der Waals surface area contributed by atoms with E-state index in [0.717, 1.165) is 45.6 Å². The maximum atomic E-state index is 12.1. The molecular weight excluding hydrogens is 550 g/mol. The van der Waals surface area contributed by atoms with Gasteiger partial charge in [-0.2, -0.15) is 26.3 Å². The standard InChI is InChI=1S/C18H28N2O3S.2C2HF3O2/c1-14-4-5-16(24-14)12-19-7-3-6-18(17(21)22)13-20(8-9-23-2)11-15(18)10-19;2*3-2(4,5)1(6)7/h4-5,15H,3,6-13H2,1-2H3,(H,21,22);2*(H,6,7)/t15-,18-;;/m0../s1. The minimum Gasteiger partial charge on any atom is -0.481 e. The molecule has 0 saturated carbocycles.